The molecule has 1 fully saturated rings. The van der Waals surface area contributed by atoms with Gasteiger partial charge in [-0.15, -0.1) is 0 Å². The fraction of sp³-hybridized carbons (Fsp3) is 0.357. The van der Waals surface area contributed by atoms with Gasteiger partial charge in [0.05, 0.1) is 0 Å². The van der Waals surface area contributed by atoms with Gasteiger partial charge in [0.1, 0.15) is 5.52 Å². The van der Waals surface area contributed by atoms with E-state index in [1.807, 2.05) is 18.2 Å². The second-order valence-corrected chi connectivity index (χ2v) is 4.70. The molecule has 18 heavy (non-hydrogen) atoms. The number of piperidine rings is 1. The van der Waals surface area contributed by atoms with E-state index in [9.17, 15) is 4.39 Å². The van der Waals surface area contributed by atoms with Crippen LogP contribution in [0.3, 0.4) is 0 Å². The summed E-state index contributed by atoms with van der Waals surface area (Å²) in [6, 6.07) is 7.65. The van der Waals surface area contributed by atoms with E-state index in [4.69, 9.17) is 0 Å². The minimum Gasteiger partial charge on any atom is -0.382 e. The van der Waals surface area contributed by atoms with Crippen molar-refractivity contribution in [1.82, 2.24) is 10.3 Å². The number of halogens is 1. The third kappa shape index (κ3) is 2.29. The van der Waals surface area contributed by atoms with Crippen LogP contribution in [0.4, 0.5) is 10.1 Å². The summed E-state index contributed by atoms with van der Waals surface area (Å²) in [5.41, 5.74) is 1.29. The van der Waals surface area contributed by atoms with Crippen molar-refractivity contribution in [2.24, 2.45) is 0 Å². The first kappa shape index (κ1) is 11.4. The number of rotatable bonds is 2. The zero-order valence-electron chi connectivity index (χ0n) is 10.1. The van der Waals surface area contributed by atoms with Gasteiger partial charge in [0.2, 0.25) is 0 Å². The van der Waals surface area contributed by atoms with Gasteiger partial charge in [-0.1, -0.05) is 6.07 Å². The molecule has 0 saturated carbocycles. The molecule has 0 unspecified atom stereocenters. The molecule has 0 aliphatic carbocycles. The van der Waals surface area contributed by atoms with E-state index in [1.54, 1.807) is 6.20 Å². The SMILES string of the molecule is Fc1cc(NC2CCNCC2)cc2cccnc12. The lowest BCUT2D eigenvalue weighted by Gasteiger charge is -2.24. The highest BCUT2D eigenvalue weighted by Crippen LogP contribution is 2.22. The molecule has 3 rings (SSSR count). The number of aromatic nitrogens is 1. The van der Waals surface area contributed by atoms with Gasteiger partial charge in [-0.05, 0) is 44.1 Å². The molecule has 1 aliphatic rings. The maximum Gasteiger partial charge on any atom is 0.151 e. The lowest BCUT2D eigenvalue weighted by molar-refractivity contribution is 0.479. The van der Waals surface area contributed by atoms with Crippen LogP contribution in [0.5, 0.6) is 0 Å². The lowest BCUT2D eigenvalue weighted by Crippen LogP contribution is -2.35. The normalized spacial score (nSPS) is 16.9. The van der Waals surface area contributed by atoms with Crippen LogP contribution in [-0.4, -0.2) is 24.1 Å². The Hall–Kier alpha value is -1.68. The second kappa shape index (κ2) is 4.90. The van der Waals surface area contributed by atoms with Gasteiger partial charge in [0.25, 0.3) is 0 Å². The number of hydrogen-bond donors (Lipinski definition) is 2. The van der Waals surface area contributed by atoms with Crippen LogP contribution in [-0.2, 0) is 0 Å². The fourth-order valence-corrected chi connectivity index (χ4v) is 2.43. The van der Waals surface area contributed by atoms with Gasteiger partial charge >= 0.3 is 0 Å². The minimum absolute atomic E-state index is 0.260. The van der Waals surface area contributed by atoms with Crippen molar-refractivity contribution in [3.8, 4) is 0 Å². The molecule has 1 aromatic heterocycles. The average Bonchev–Trinajstić information content (AvgIpc) is 2.40. The molecule has 1 aromatic carbocycles. The first-order valence-corrected chi connectivity index (χ1v) is 6.34. The highest BCUT2D eigenvalue weighted by atomic mass is 19.1. The summed E-state index contributed by atoms with van der Waals surface area (Å²) in [5.74, 6) is -0.260. The van der Waals surface area contributed by atoms with Crippen LogP contribution in [0.2, 0.25) is 0 Å². The molecule has 2 heterocycles. The molecule has 1 saturated heterocycles. The molecule has 2 N–H and O–H groups in total. The first-order valence-electron chi connectivity index (χ1n) is 6.34. The lowest BCUT2D eigenvalue weighted by atomic mass is 10.1. The number of nitrogens with one attached hydrogen (secondary N) is 2. The third-order valence-electron chi connectivity index (χ3n) is 3.37. The van der Waals surface area contributed by atoms with Crippen LogP contribution < -0.4 is 10.6 Å². The van der Waals surface area contributed by atoms with E-state index in [0.717, 1.165) is 37.0 Å². The predicted octanol–water partition coefficient (Wildman–Crippen LogP) is 2.54. The highest BCUT2D eigenvalue weighted by molar-refractivity contribution is 5.82. The molecule has 3 nitrogen and oxygen atoms in total. The Morgan fingerprint density at radius 3 is 2.94 bits per heavy atom. The summed E-state index contributed by atoms with van der Waals surface area (Å²) in [5, 5.41) is 7.57. The van der Waals surface area contributed by atoms with Gasteiger partial charge in [-0.3, -0.25) is 4.98 Å². The molecule has 0 spiro atoms. The molecule has 2 aromatic rings. The Balaban J connectivity index is 1.87. The smallest absolute Gasteiger partial charge is 0.151 e. The number of nitrogens with zero attached hydrogens (tertiary/aromatic N) is 1. The molecular formula is C14H16FN3. The quantitative estimate of drug-likeness (QED) is 0.853. The number of hydrogen-bond acceptors (Lipinski definition) is 3. The van der Waals surface area contributed by atoms with Crippen molar-refractivity contribution >= 4 is 16.6 Å². The summed E-state index contributed by atoms with van der Waals surface area (Å²) in [7, 11) is 0. The zero-order valence-corrected chi connectivity index (χ0v) is 10.1. The summed E-state index contributed by atoms with van der Waals surface area (Å²) in [4.78, 5) is 4.06. The number of anilines is 1. The van der Waals surface area contributed by atoms with Gasteiger partial charge in [-0.25, -0.2) is 4.39 Å². The topological polar surface area (TPSA) is 37.0 Å². The standard InChI is InChI=1S/C14H16FN3/c15-13-9-12(18-11-3-6-16-7-4-11)8-10-2-1-5-17-14(10)13/h1-2,5,8-9,11,16,18H,3-4,6-7H2. The van der Waals surface area contributed by atoms with Crippen molar-refractivity contribution in [2.75, 3.05) is 18.4 Å². The Morgan fingerprint density at radius 1 is 1.28 bits per heavy atom. The van der Waals surface area contributed by atoms with Gasteiger partial charge in [-0.2, -0.15) is 0 Å². The number of benzene rings is 1. The summed E-state index contributed by atoms with van der Waals surface area (Å²) >= 11 is 0. The van der Waals surface area contributed by atoms with Crippen LogP contribution >= 0.6 is 0 Å². The fourth-order valence-electron chi connectivity index (χ4n) is 2.43. The molecular weight excluding hydrogens is 229 g/mol. The molecule has 4 heteroatoms. The van der Waals surface area contributed by atoms with Gasteiger partial charge in [0.15, 0.2) is 5.82 Å². The van der Waals surface area contributed by atoms with E-state index in [2.05, 4.69) is 15.6 Å². The molecule has 94 valence electrons. The van der Waals surface area contributed by atoms with E-state index in [0.29, 0.717) is 11.6 Å². The maximum absolute atomic E-state index is 13.9. The van der Waals surface area contributed by atoms with Crippen molar-refractivity contribution in [3.63, 3.8) is 0 Å². The van der Waals surface area contributed by atoms with Crippen LogP contribution in [0.1, 0.15) is 12.8 Å². The predicted molar refractivity (Wildman–Crippen MR) is 71.2 cm³/mol. The minimum atomic E-state index is -0.260. The Morgan fingerprint density at radius 2 is 2.11 bits per heavy atom. The molecule has 0 amide bonds. The van der Waals surface area contributed by atoms with Crippen LogP contribution in [0.25, 0.3) is 10.9 Å². The van der Waals surface area contributed by atoms with E-state index < -0.39 is 0 Å². The molecule has 0 bridgehead atoms. The first-order chi connectivity index (χ1) is 8.83. The monoisotopic (exact) mass is 245 g/mol. The van der Waals surface area contributed by atoms with E-state index in [1.165, 1.54) is 6.07 Å². The van der Waals surface area contributed by atoms with Crippen LogP contribution in [0.15, 0.2) is 30.5 Å². The molecule has 1 aliphatic heterocycles. The second-order valence-electron chi connectivity index (χ2n) is 4.70. The highest BCUT2D eigenvalue weighted by Gasteiger charge is 2.13. The third-order valence-corrected chi connectivity index (χ3v) is 3.37. The summed E-state index contributed by atoms with van der Waals surface area (Å²) in [6.07, 6.45) is 3.77. The number of fused-ring (bicyclic) bond motifs is 1. The van der Waals surface area contributed by atoms with Crippen molar-refractivity contribution in [1.29, 1.82) is 0 Å². The Kier molecular flexibility index (Phi) is 3.11. The van der Waals surface area contributed by atoms with Gasteiger partial charge < -0.3 is 10.6 Å². The summed E-state index contributed by atoms with van der Waals surface area (Å²) < 4.78 is 13.9. The van der Waals surface area contributed by atoms with Crippen molar-refractivity contribution in [3.05, 3.63) is 36.3 Å². The molecule has 0 atom stereocenters. The van der Waals surface area contributed by atoms with Crippen molar-refractivity contribution in [2.45, 2.75) is 18.9 Å². The van der Waals surface area contributed by atoms with Gasteiger partial charge in [0, 0.05) is 23.3 Å². The Bertz CT molecular complexity index is 550. The maximum atomic E-state index is 13.9. The zero-order chi connectivity index (χ0) is 12.4. The van der Waals surface area contributed by atoms with Crippen LogP contribution in [0, 0.1) is 5.82 Å². The number of pyridine rings is 1. The summed E-state index contributed by atoms with van der Waals surface area (Å²) in [6.45, 7) is 2.05. The average molecular weight is 245 g/mol. The largest absolute Gasteiger partial charge is 0.382 e. The van der Waals surface area contributed by atoms with E-state index in [-0.39, 0.29) is 5.82 Å². The molecule has 0 radical (unpaired) electrons. The van der Waals surface area contributed by atoms with E-state index >= 15 is 0 Å². The van der Waals surface area contributed by atoms with Crippen molar-refractivity contribution < 1.29 is 4.39 Å². The Labute approximate surface area is 105 Å².